The van der Waals surface area contributed by atoms with Crippen LogP contribution in [-0.2, 0) is 9.47 Å². The third-order valence-corrected chi connectivity index (χ3v) is 1.48. The van der Waals surface area contributed by atoms with Crippen molar-refractivity contribution in [2.45, 2.75) is 26.4 Å². The molecular weight excluding hydrogens is 128 g/mol. The first-order valence-electron chi connectivity index (χ1n) is 3.78. The SMILES string of the molecule is CCOC1=CC(C)OCC1. The summed E-state index contributed by atoms with van der Waals surface area (Å²) in [7, 11) is 0. The van der Waals surface area contributed by atoms with Crippen LogP contribution in [-0.4, -0.2) is 19.3 Å². The van der Waals surface area contributed by atoms with Crippen molar-refractivity contribution in [3.63, 3.8) is 0 Å². The average Bonchev–Trinajstić information content (AvgIpc) is 1.88. The highest BCUT2D eigenvalue weighted by molar-refractivity contribution is 4.99. The smallest absolute Gasteiger partial charge is 0.0968 e. The van der Waals surface area contributed by atoms with Crippen LogP contribution in [0.5, 0.6) is 0 Å². The summed E-state index contributed by atoms with van der Waals surface area (Å²) in [6.07, 6.45) is 3.20. The number of hydrogen-bond acceptors (Lipinski definition) is 2. The van der Waals surface area contributed by atoms with E-state index < -0.39 is 0 Å². The molecule has 0 radical (unpaired) electrons. The number of hydrogen-bond donors (Lipinski definition) is 0. The molecule has 2 heteroatoms. The van der Waals surface area contributed by atoms with E-state index in [1.54, 1.807) is 0 Å². The average molecular weight is 142 g/mol. The summed E-state index contributed by atoms with van der Waals surface area (Å²) in [5, 5.41) is 0. The predicted octanol–water partition coefficient (Wildman–Crippen LogP) is 1.72. The molecule has 58 valence electrons. The molecule has 0 aromatic rings. The van der Waals surface area contributed by atoms with Gasteiger partial charge >= 0.3 is 0 Å². The van der Waals surface area contributed by atoms with Gasteiger partial charge in [-0.05, 0) is 19.9 Å². The molecule has 0 fully saturated rings. The Morgan fingerprint density at radius 1 is 1.80 bits per heavy atom. The molecule has 1 aliphatic heterocycles. The second kappa shape index (κ2) is 3.62. The molecule has 0 aromatic carbocycles. The van der Waals surface area contributed by atoms with Gasteiger partial charge in [0, 0.05) is 6.42 Å². The molecule has 0 aliphatic carbocycles. The summed E-state index contributed by atoms with van der Waals surface area (Å²) < 4.78 is 10.6. The molecule has 1 unspecified atom stereocenters. The van der Waals surface area contributed by atoms with Crippen LogP contribution in [0.4, 0.5) is 0 Å². The Kier molecular flexibility index (Phi) is 2.75. The van der Waals surface area contributed by atoms with E-state index in [2.05, 4.69) is 0 Å². The Hall–Kier alpha value is -0.500. The predicted molar refractivity (Wildman–Crippen MR) is 39.7 cm³/mol. The van der Waals surface area contributed by atoms with E-state index in [0.29, 0.717) is 0 Å². The van der Waals surface area contributed by atoms with Crippen molar-refractivity contribution in [1.82, 2.24) is 0 Å². The van der Waals surface area contributed by atoms with E-state index in [9.17, 15) is 0 Å². The van der Waals surface area contributed by atoms with Crippen LogP contribution in [0.3, 0.4) is 0 Å². The highest BCUT2D eigenvalue weighted by Gasteiger charge is 2.09. The summed E-state index contributed by atoms with van der Waals surface area (Å²) in [5.41, 5.74) is 0. The van der Waals surface area contributed by atoms with Gasteiger partial charge in [-0.1, -0.05) is 0 Å². The maximum atomic E-state index is 5.33. The number of ether oxygens (including phenoxy) is 2. The Morgan fingerprint density at radius 2 is 2.60 bits per heavy atom. The van der Waals surface area contributed by atoms with Crippen molar-refractivity contribution in [1.29, 1.82) is 0 Å². The second-order valence-corrected chi connectivity index (χ2v) is 2.39. The Balaban J connectivity index is 2.41. The van der Waals surface area contributed by atoms with Gasteiger partial charge in [0.05, 0.1) is 25.1 Å². The second-order valence-electron chi connectivity index (χ2n) is 2.39. The highest BCUT2D eigenvalue weighted by atomic mass is 16.5. The molecule has 1 aliphatic rings. The summed E-state index contributed by atoms with van der Waals surface area (Å²) in [5.74, 6) is 1.08. The molecule has 10 heavy (non-hydrogen) atoms. The molecule has 2 nitrogen and oxygen atoms in total. The molecule has 0 saturated heterocycles. The van der Waals surface area contributed by atoms with Gasteiger partial charge in [-0.25, -0.2) is 0 Å². The number of rotatable bonds is 2. The molecule has 0 spiro atoms. The highest BCUT2D eigenvalue weighted by Crippen LogP contribution is 2.12. The van der Waals surface area contributed by atoms with Crippen LogP contribution in [0.25, 0.3) is 0 Å². The molecule has 0 aromatic heterocycles. The lowest BCUT2D eigenvalue weighted by atomic mass is 10.2. The van der Waals surface area contributed by atoms with Crippen LogP contribution in [0, 0.1) is 0 Å². The Labute approximate surface area is 61.8 Å². The summed E-state index contributed by atoms with van der Waals surface area (Å²) >= 11 is 0. The lowest BCUT2D eigenvalue weighted by Gasteiger charge is -2.18. The van der Waals surface area contributed by atoms with Crippen LogP contribution >= 0.6 is 0 Å². The molecule has 0 bridgehead atoms. The van der Waals surface area contributed by atoms with Crippen molar-refractivity contribution in [2.75, 3.05) is 13.2 Å². The fraction of sp³-hybridized carbons (Fsp3) is 0.750. The fourth-order valence-electron chi connectivity index (χ4n) is 1.04. The van der Waals surface area contributed by atoms with E-state index in [-0.39, 0.29) is 6.10 Å². The van der Waals surface area contributed by atoms with E-state index in [1.165, 1.54) is 0 Å². The summed E-state index contributed by atoms with van der Waals surface area (Å²) in [6.45, 7) is 5.59. The first-order valence-corrected chi connectivity index (χ1v) is 3.78. The first kappa shape index (κ1) is 7.61. The summed E-state index contributed by atoms with van der Waals surface area (Å²) in [6, 6.07) is 0. The van der Waals surface area contributed by atoms with Crippen molar-refractivity contribution in [3.8, 4) is 0 Å². The molecule has 0 saturated carbocycles. The summed E-state index contributed by atoms with van der Waals surface area (Å²) in [4.78, 5) is 0. The fourth-order valence-corrected chi connectivity index (χ4v) is 1.04. The molecule has 1 rings (SSSR count). The monoisotopic (exact) mass is 142 g/mol. The third kappa shape index (κ3) is 2.03. The van der Waals surface area contributed by atoms with E-state index >= 15 is 0 Å². The first-order chi connectivity index (χ1) is 4.83. The minimum atomic E-state index is 0.232. The Bertz CT molecular complexity index is 129. The van der Waals surface area contributed by atoms with Gasteiger partial charge in [0.25, 0.3) is 0 Å². The van der Waals surface area contributed by atoms with Crippen molar-refractivity contribution in [3.05, 3.63) is 11.8 Å². The van der Waals surface area contributed by atoms with Crippen molar-refractivity contribution < 1.29 is 9.47 Å². The van der Waals surface area contributed by atoms with Crippen LogP contribution in [0.15, 0.2) is 11.8 Å². The zero-order chi connectivity index (χ0) is 7.40. The van der Waals surface area contributed by atoms with E-state index in [1.807, 2.05) is 19.9 Å². The van der Waals surface area contributed by atoms with Gasteiger partial charge in [0.1, 0.15) is 0 Å². The minimum Gasteiger partial charge on any atom is -0.498 e. The maximum Gasteiger partial charge on any atom is 0.0968 e. The van der Waals surface area contributed by atoms with E-state index in [0.717, 1.165) is 25.4 Å². The Morgan fingerprint density at radius 3 is 3.20 bits per heavy atom. The van der Waals surface area contributed by atoms with Crippen molar-refractivity contribution in [2.24, 2.45) is 0 Å². The minimum absolute atomic E-state index is 0.232. The lowest BCUT2D eigenvalue weighted by molar-refractivity contribution is 0.0646. The van der Waals surface area contributed by atoms with Gasteiger partial charge in [-0.3, -0.25) is 0 Å². The van der Waals surface area contributed by atoms with Gasteiger partial charge in [0.2, 0.25) is 0 Å². The van der Waals surface area contributed by atoms with Gasteiger partial charge in [-0.15, -0.1) is 0 Å². The molecule has 1 heterocycles. The molecule has 0 amide bonds. The molecule has 1 atom stereocenters. The molecular formula is C8H14O2. The molecule has 0 N–H and O–H groups in total. The quantitative estimate of drug-likeness (QED) is 0.584. The van der Waals surface area contributed by atoms with Gasteiger partial charge in [0.15, 0.2) is 0 Å². The zero-order valence-corrected chi connectivity index (χ0v) is 6.59. The third-order valence-electron chi connectivity index (χ3n) is 1.48. The van der Waals surface area contributed by atoms with Crippen molar-refractivity contribution >= 4 is 0 Å². The van der Waals surface area contributed by atoms with E-state index in [4.69, 9.17) is 9.47 Å². The van der Waals surface area contributed by atoms with Crippen LogP contribution < -0.4 is 0 Å². The van der Waals surface area contributed by atoms with Crippen LogP contribution in [0.2, 0.25) is 0 Å². The normalized spacial score (nSPS) is 25.8. The van der Waals surface area contributed by atoms with Gasteiger partial charge < -0.3 is 9.47 Å². The van der Waals surface area contributed by atoms with Crippen LogP contribution in [0.1, 0.15) is 20.3 Å². The maximum absolute atomic E-state index is 5.33. The largest absolute Gasteiger partial charge is 0.498 e. The topological polar surface area (TPSA) is 18.5 Å². The zero-order valence-electron chi connectivity index (χ0n) is 6.59. The lowest BCUT2D eigenvalue weighted by Crippen LogP contribution is -2.14. The van der Waals surface area contributed by atoms with Gasteiger partial charge in [-0.2, -0.15) is 0 Å². The standard InChI is InChI=1S/C8H14O2/c1-3-9-8-4-5-10-7(2)6-8/h6-7H,3-5H2,1-2H3.